The fourth-order valence-electron chi connectivity index (χ4n) is 2.28. The summed E-state index contributed by atoms with van der Waals surface area (Å²) in [6, 6.07) is 0. The Balaban J connectivity index is 0. The van der Waals surface area contributed by atoms with E-state index in [9.17, 15) is 4.79 Å². The predicted octanol–water partition coefficient (Wildman–Crippen LogP) is 1.92. The van der Waals surface area contributed by atoms with Gasteiger partial charge in [0.15, 0.2) is 0 Å². The van der Waals surface area contributed by atoms with Gasteiger partial charge in [-0.3, -0.25) is 4.48 Å². The smallest absolute Gasteiger partial charge is 0.313 e. The number of hydrogen-bond acceptors (Lipinski definition) is 1. The molecule has 3 heteroatoms. The van der Waals surface area contributed by atoms with E-state index in [1.165, 1.54) is 64.2 Å². The van der Waals surface area contributed by atoms with Gasteiger partial charge in [-0.1, -0.05) is 71.1 Å². The van der Waals surface area contributed by atoms with E-state index in [1.54, 1.807) is 0 Å². The van der Waals surface area contributed by atoms with Gasteiger partial charge in [-0.25, -0.2) is 4.79 Å². The lowest BCUT2D eigenvalue weighted by Crippen LogP contribution is -3.00. The average Bonchev–Trinajstić information content (AvgIpc) is 2.34. The zero-order valence-corrected chi connectivity index (χ0v) is 15.0. The van der Waals surface area contributed by atoms with Crippen molar-refractivity contribution in [1.82, 2.24) is 0 Å². The highest BCUT2D eigenvalue weighted by Crippen LogP contribution is 2.12. The number of hydrogen-bond donors (Lipinski definition) is 0. The van der Waals surface area contributed by atoms with Crippen LogP contribution in [0.5, 0.6) is 0 Å². The molecule has 0 aromatic rings. The minimum atomic E-state index is 0. The van der Waals surface area contributed by atoms with Gasteiger partial charge in [0, 0.05) is 0 Å². The lowest BCUT2D eigenvalue weighted by Gasteiger charge is -2.20. The molecule has 0 aliphatic heterocycles. The van der Waals surface area contributed by atoms with Crippen LogP contribution in [-0.4, -0.2) is 31.5 Å². The van der Waals surface area contributed by atoms with Crippen LogP contribution in [0, 0.1) is 0 Å². The molecule has 0 saturated heterocycles. The molecule has 0 aromatic carbocycles. The number of quaternary nitrogens is 1. The summed E-state index contributed by atoms with van der Waals surface area (Å²) < 4.78 is 0.470. The zero-order valence-electron chi connectivity index (χ0n) is 14.2. The van der Waals surface area contributed by atoms with Crippen molar-refractivity contribution < 1.29 is 21.7 Å². The molecule has 0 unspecified atom stereocenters. The molecular weight excluding hydrogens is 270 g/mol. The minimum Gasteiger partial charge on any atom is -1.00 e. The Labute approximate surface area is 133 Å². The number of unbranched alkanes of at least 4 members (excludes halogenated alkanes) is 10. The molecule has 0 atom stereocenters. The molecule has 2 nitrogen and oxygen atoms in total. The number of carbonyl (C=O) groups is 1. The second-order valence-electron chi connectivity index (χ2n) is 6.69. The number of amides is 1. The fourth-order valence-corrected chi connectivity index (χ4v) is 2.28. The number of nitrogens with zero attached hydrogens (tertiary/aromatic N) is 1. The first-order valence-electron chi connectivity index (χ1n) is 8.33. The molecular formula is C17H36ClNO. The van der Waals surface area contributed by atoms with Crippen LogP contribution in [0.4, 0.5) is 0 Å². The van der Waals surface area contributed by atoms with Crippen molar-refractivity contribution in [2.24, 2.45) is 0 Å². The Morgan fingerprint density at radius 1 is 0.700 bits per heavy atom. The molecule has 0 rings (SSSR count). The van der Waals surface area contributed by atoms with Gasteiger partial charge in [-0.2, -0.15) is 0 Å². The van der Waals surface area contributed by atoms with Gasteiger partial charge in [0.2, 0.25) is 0 Å². The molecule has 0 bridgehead atoms. The molecule has 0 N–H and O–H groups in total. The standard InChI is InChI=1S/C17H36NO.ClH/c1-5-6-7-8-9-10-11-12-13-14-15-16-17(19)18(2,3)4;/h5-16H2,1-4H3;1H/q+1;/p-1. The highest BCUT2D eigenvalue weighted by Gasteiger charge is 2.18. The van der Waals surface area contributed by atoms with Crippen molar-refractivity contribution in [3.05, 3.63) is 0 Å². The summed E-state index contributed by atoms with van der Waals surface area (Å²) >= 11 is 0. The maximum atomic E-state index is 11.7. The van der Waals surface area contributed by atoms with Crippen molar-refractivity contribution >= 4 is 5.91 Å². The van der Waals surface area contributed by atoms with Crippen molar-refractivity contribution in [3.63, 3.8) is 0 Å². The van der Waals surface area contributed by atoms with Gasteiger partial charge in [0.1, 0.15) is 0 Å². The lowest BCUT2D eigenvalue weighted by molar-refractivity contribution is -0.792. The van der Waals surface area contributed by atoms with Crippen molar-refractivity contribution in [3.8, 4) is 0 Å². The SMILES string of the molecule is CCCCCCCCCCCCCC(=O)[N+](C)(C)C.[Cl-]. The van der Waals surface area contributed by atoms with Gasteiger partial charge in [0.05, 0.1) is 27.6 Å². The summed E-state index contributed by atoms with van der Waals surface area (Å²) in [6.07, 6.45) is 15.5. The number of carbonyl (C=O) groups excluding carboxylic acids is 1. The van der Waals surface area contributed by atoms with Crippen LogP contribution < -0.4 is 12.4 Å². The second kappa shape index (κ2) is 13.9. The van der Waals surface area contributed by atoms with Gasteiger partial charge in [-0.05, 0) is 6.42 Å². The van der Waals surface area contributed by atoms with Crippen molar-refractivity contribution in [2.45, 2.75) is 84.0 Å². The molecule has 0 aliphatic carbocycles. The van der Waals surface area contributed by atoms with Gasteiger partial charge >= 0.3 is 5.91 Å². The Morgan fingerprint density at radius 2 is 1.05 bits per heavy atom. The Kier molecular flexibility index (Phi) is 15.4. The minimum absolute atomic E-state index is 0. The van der Waals surface area contributed by atoms with Crippen LogP contribution in [-0.2, 0) is 4.79 Å². The summed E-state index contributed by atoms with van der Waals surface area (Å²) in [5.74, 6) is 0.357. The normalized spacial score (nSPS) is 11.2. The largest absolute Gasteiger partial charge is 1.00 e. The third kappa shape index (κ3) is 14.3. The van der Waals surface area contributed by atoms with Crippen LogP contribution in [0.1, 0.15) is 84.0 Å². The van der Waals surface area contributed by atoms with E-state index in [2.05, 4.69) is 6.92 Å². The Hall–Kier alpha value is -0.0800. The van der Waals surface area contributed by atoms with E-state index in [0.29, 0.717) is 10.4 Å². The molecule has 1 amide bonds. The summed E-state index contributed by atoms with van der Waals surface area (Å²) in [6.45, 7) is 2.27. The fraction of sp³-hybridized carbons (Fsp3) is 0.941. The average molecular weight is 306 g/mol. The first kappa shape index (κ1) is 22.2. The van der Waals surface area contributed by atoms with E-state index in [-0.39, 0.29) is 12.4 Å². The third-order valence-corrected chi connectivity index (χ3v) is 3.74. The molecule has 122 valence electrons. The van der Waals surface area contributed by atoms with E-state index in [4.69, 9.17) is 0 Å². The maximum Gasteiger partial charge on any atom is 0.313 e. The van der Waals surface area contributed by atoms with E-state index >= 15 is 0 Å². The molecule has 0 spiro atoms. The highest BCUT2D eigenvalue weighted by molar-refractivity contribution is 5.68. The topological polar surface area (TPSA) is 17.1 Å². The zero-order chi connectivity index (χ0) is 14.6. The Bertz CT molecular complexity index is 224. The summed E-state index contributed by atoms with van der Waals surface area (Å²) in [5, 5.41) is 0. The summed E-state index contributed by atoms with van der Waals surface area (Å²) in [5.41, 5.74) is 0. The second-order valence-corrected chi connectivity index (χ2v) is 6.69. The first-order chi connectivity index (χ1) is 8.98. The first-order valence-corrected chi connectivity index (χ1v) is 8.33. The van der Waals surface area contributed by atoms with E-state index in [0.717, 1.165) is 12.8 Å². The van der Waals surface area contributed by atoms with Crippen molar-refractivity contribution in [1.29, 1.82) is 0 Å². The Morgan fingerprint density at radius 3 is 1.40 bits per heavy atom. The quantitative estimate of drug-likeness (QED) is 0.398. The van der Waals surface area contributed by atoms with E-state index < -0.39 is 0 Å². The van der Waals surface area contributed by atoms with Crippen LogP contribution >= 0.6 is 0 Å². The number of halogens is 1. The lowest BCUT2D eigenvalue weighted by atomic mass is 10.1. The summed E-state index contributed by atoms with van der Waals surface area (Å²) in [7, 11) is 5.88. The maximum absolute atomic E-state index is 11.7. The molecule has 0 heterocycles. The van der Waals surface area contributed by atoms with Gasteiger partial charge in [0.25, 0.3) is 0 Å². The van der Waals surface area contributed by atoms with Crippen LogP contribution in [0.3, 0.4) is 0 Å². The van der Waals surface area contributed by atoms with E-state index in [1.807, 2.05) is 21.1 Å². The predicted molar refractivity (Wildman–Crippen MR) is 84.1 cm³/mol. The highest BCUT2D eigenvalue weighted by atomic mass is 35.5. The molecule has 0 radical (unpaired) electrons. The molecule has 20 heavy (non-hydrogen) atoms. The van der Waals surface area contributed by atoms with Crippen LogP contribution in [0.25, 0.3) is 0 Å². The molecule has 0 saturated carbocycles. The van der Waals surface area contributed by atoms with Crippen molar-refractivity contribution in [2.75, 3.05) is 21.1 Å². The third-order valence-electron chi connectivity index (χ3n) is 3.74. The van der Waals surface area contributed by atoms with Crippen LogP contribution in [0.15, 0.2) is 0 Å². The summed E-state index contributed by atoms with van der Waals surface area (Å²) in [4.78, 5) is 11.7. The van der Waals surface area contributed by atoms with Gasteiger partial charge in [-0.15, -0.1) is 0 Å². The monoisotopic (exact) mass is 305 g/mol. The molecule has 0 aliphatic rings. The number of rotatable bonds is 12. The molecule has 0 aromatic heterocycles. The van der Waals surface area contributed by atoms with Gasteiger partial charge < -0.3 is 12.4 Å². The van der Waals surface area contributed by atoms with Crippen LogP contribution in [0.2, 0.25) is 0 Å². The molecule has 0 fully saturated rings.